The van der Waals surface area contributed by atoms with Crippen LogP contribution in [0.25, 0.3) is 0 Å². The van der Waals surface area contributed by atoms with E-state index in [1.807, 2.05) is 0 Å². The molecule has 0 aliphatic carbocycles. The van der Waals surface area contributed by atoms with E-state index >= 15 is 0 Å². The number of halogens is 3. The summed E-state index contributed by atoms with van der Waals surface area (Å²) in [5.41, 5.74) is 0.531. The lowest BCUT2D eigenvalue weighted by Gasteiger charge is -2.11. The maximum atomic E-state index is 11.9. The van der Waals surface area contributed by atoms with Crippen LogP contribution in [-0.2, 0) is 0 Å². The highest BCUT2D eigenvalue weighted by atomic mass is 79.9. The summed E-state index contributed by atoms with van der Waals surface area (Å²) >= 11 is 14.9. The summed E-state index contributed by atoms with van der Waals surface area (Å²) in [6, 6.07) is 7.12. The fraction of sp³-hybridized carbons (Fsp3) is 0.0714. The Morgan fingerprint density at radius 2 is 2.00 bits per heavy atom. The number of nitro benzene ring substituents is 1. The fourth-order valence-corrected chi connectivity index (χ4v) is 3.02. The lowest BCUT2D eigenvalue weighted by molar-refractivity contribution is -0.384. The second-order valence-corrected chi connectivity index (χ2v) is 6.17. The topological polar surface area (TPSA) is 81.5 Å². The summed E-state index contributed by atoms with van der Waals surface area (Å²) in [5, 5.41) is 13.7. The lowest BCUT2D eigenvalue weighted by atomic mass is 10.2. The summed E-state index contributed by atoms with van der Waals surface area (Å²) in [6.45, 7) is 1.73. The molecule has 9 heteroatoms. The van der Waals surface area contributed by atoms with Crippen LogP contribution in [0.2, 0.25) is 10.0 Å². The number of rotatable bonds is 3. The molecular weight excluding hydrogens is 411 g/mol. The number of ether oxygens (including phenoxy) is 1. The van der Waals surface area contributed by atoms with E-state index in [1.165, 1.54) is 12.1 Å². The minimum Gasteiger partial charge on any atom is -0.409 e. The second kappa shape index (κ2) is 7.16. The van der Waals surface area contributed by atoms with Crippen LogP contribution in [0.1, 0.15) is 5.56 Å². The minimum atomic E-state index is -0.798. The molecule has 0 fully saturated rings. The molecule has 0 aliphatic rings. The number of carbonyl (C=O) groups excluding carboxylic acids is 1. The second-order valence-electron chi connectivity index (χ2n) is 4.47. The van der Waals surface area contributed by atoms with Crippen LogP contribution in [0.5, 0.6) is 5.75 Å². The van der Waals surface area contributed by atoms with Crippen molar-refractivity contribution in [2.24, 2.45) is 0 Å². The summed E-state index contributed by atoms with van der Waals surface area (Å²) in [7, 11) is 0. The van der Waals surface area contributed by atoms with Crippen molar-refractivity contribution >= 4 is 56.6 Å². The molecule has 0 saturated heterocycles. The summed E-state index contributed by atoms with van der Waals surface area (Å²) in [4.78, 5) is 22.1. The van der Waals surface area contributed by atoms with Gasteiger partial charge in [-0.3, -0.25) is 15.4 Å². The molecule has 0 saturated carbocycles. The van der Waals surface area contributed by atoms with Crippen molar-refractivity contribution in [1.29, 1.82) is 0 Å². The van der Waals surface area contributed by atoms with Gasteiger partial charge in [0.1, 0.15) is 10.8 Å². The van der Waals surface area contributed by atoms with Crippen LogP contribution in [0.4, 0.5) is 16.2 Å². The van der Waals surface area contributed by atoms with Crippen molar-refractivity contribution in [3.63, 3.8) is 0 Å². The first-order chi connectivity index (χ1) is 10.8. The molecule has 0 aromatic heterocycles. The number of hydrogen-bond acceptors (Lipinski definition) is 4. The molecule has 0 spiro atoms. The quantitative estimate of drug-likeness (QED) is 0.519. The van der Waals surface area contributed by atoms with Crippen LogP contribution < -0.4 is 10.1 Å². The normalized spacial score (nSPS) is 10.3. The van der Waals surface area contributed by atoms with Gasteiger partial charge in [0.05, 0.1) is 15.1 Å². The molecule has 0 atom stereocenters. The lowest BCUT2D eigenvalue weighted by Crippen LogP contribution is -2.17. The molecule has 1 amide bonds. The summed E-state index contributed by atoms with van der Waals surface area (Å²) in [6.07, 6.45) is -0.798. The van der Waals surface area contributed by atoms with Gasteiger partial charge in [-0.05, 0) is 52.7 Å². The van der Waals surface area contributed by atoms with Crippen molar-refractivity contribution in [3.8, 4) is 5.75 Å². The predicted octanol–water partition coefficient (Wildman–Crippen LogP) is 5.58. The van der Waals surface area contributed by atoms with Crippen molar-refractivity contribution < 1.29 is 14.5 Å². The number of nitrogens with one attached hydrogen (secondary N) is 1. The van der Waals surface area contributed by atoms with Crippen molar-refractivity contribution in [3.05, 3.63) is 60.5 Å². The highest BCUT2D eigenvalue weighted by molar-refractivity contribution is 9.10. The average Bonchev–Trinajstić information content (AvgIpc) is 2.44. The Bertz CT molecular complexity index is 775. The first-order valence-electron chi connectivity index (χ1n) is 6.16. The molecule has 0 bridgehead atoms. The van der Waals surface area contributed by atoms with Crippen LogP contribution in [0, 0.1) is 17.0 Å². The number of benzene rings is 2. The molecule has 0 unspecified atom stereocenters. The monoisotopic (exact) mass is 418 g/mol. The zero-order chi connectivity index (χ0) is 17.1. The van der Waals surface area contributed by atoms with Gasteiger partial charge in [-0.25, -0.2) is 4.79 Å². The van der Waals surface area contributed by atoms with Gasteiger partial charge < -0.3 is 4.74 Å². The zero-order valence-electron chi connectivity index (χ0n) is 11.6. The van der Waals surface area contributed by atoms with E-state index in [0.717, 1.165) is 6.07 Å². The number of aryl methyl sites for hydroxylation is 1. The van der Waals surface area contributed by atoms with Gasteiger partial charge in [0.2, 0.25) is 0 Å². The number of anilines is 1. The first kappa shape index (κ1) is 17.5. The molecular formula is C14H9BrCl2N2O4. The third-order valence-corrected chi connectivity index (χ3v) is 3.90. The number of amides is 1. The van der Waals surface area contributed by atoms with E-state index in [-0.39, 0.29) is 16.4 Å². The largest absolute Gasteiger partial charge is 0.417 e. The third-order valence-electron chi connectivity index (χ3n) is 2.78. The molecule has 2 rings (SSSR count). The van der Waals surface area contributed by atoms with Crippen molar-refractivity contribution in [1.82, 2.24) is 0 Å². The predicted molar refractivity (Wildman–Crippen MR) is 91.6 cm³/mol. The van der Waals surface area contributed by atoms with Crippen LogP contribution in [0.3, 0.4) is 0 Å². The van der Waals surface area contributed by atoms with E-state index in [2.05, 4.69) is 21.2 Å². The number of nitrogens with zero attached hydrogens (tertiary/aromatic N) is 1. The molecule has 1 N–H and O–H groups in total. The van der Waals surface area contributed by atoms with Crippen molar-refractivity contribution in [2.45, 2.75) is 6.92 Å². The molecule has 6 nitrogen and oxygen atoms in total. The third kappa shape index (κ3) is 4.34. The highest BCUT2D eigenvalue weighted by Crippen LogP contribution is 2.33. The molecule has 2 aromatic rings. The number of carbonyl (C=O) groups is 1. The summed E-state index contributed by atoms with van der Waals surface area (Å²) in [5.74, 6) is 0.301. The standard InChI is InChI=1S/C14H9BrCl2N2O4/c1-7-4-8(16)5-10(15)13(7)23-14(20)18-9-2-3-11(17)12(6-9)19(21)22/h2-6H,1H3,(H,18,20). The van der Waals surface area contributed by atoms with E-state index in [4.69, 9.17) is 27.9 Å². The number of nitro groups is 1. The Labute approximate surface area is 149 Å². The van der Waals surface area contributed by atoms with Gasteiger partial charge in [0.25, 0.3) is 5.69 Å². The van der Waals surface area contributed by atoms with Crippen molar-refractivity contribution in [2.75, 3.05) is 5.32 Å². The Morgan fingerprint density at radius 1 is 1.30 bits per heavy atom. The molecule has 0 heterocycles. The Hall–Kier alpha value is -1.83. The molecule has 23 heavy (non-hydrogen) atoms. The maximum Gasteiger partial charge on any atom is 0.417 e. The maximum absolute atomic E-state index is 11.9. The van der Waals surface area contributed by atoms with Crippen LogP contribution in [0.15, 0.2) is 34.8 Å². The SMILES string of the molecule is Cc1cc(Cl)cc(Br)c1OC(=O)Nc1ccc(Cl)c([N+](=O)[O-])c1. The Kier molecular flexibility index (Phi) is 5.46. The van der Waals surface area contributed by atoms with Gasteiger partial charge in [-0.1, -0.05) is 23.2 Å². The smallest absolute Gasteiger partial charge is 0.409 e. The van der Waals surface area contributed by atoms with E-state index in [9.17, 15) is 14.9 Å². The Balaban J connectivity index is 2.18. The molecule has 120 valence electrons. The Morgan fingerprint density at radius 3 is 2.61 bits per heavy atom. The van der Waals surface area contributed by atoms with Gasteiger partial charge >= 0.3 is 6.09 Å². The van der Waals surface area contributed by atoms with Gasteiger partial charge in [0, 0.05) is 11.1 Å². The molecule has 0 aliphatic heterocycles. The van der Waals surface area contributed by atoms with Crippen LogP contribution >= 0.6 is 39.1 Å². The van der Waals surface area contributed by atoms with Gasteiger partial charge in [-0.2, -0.15) is 0 Å². The first-order valence-corrected chi connectivity index (χ1v) is 7.71. The average molecular weight is 420 g/mol. The van der Waals surface area contributed by atoms with E-state index in [1.54, 1.807) is 19.1 Å². The van der Waals surface area contributed by atoms with Gasteiger partial charge in [-0.15, -0.1) is 0 Å². The number of hydrogen-bond donors (Lipinski definition) is 1. The van der Waals surface area contributed by atoms with E-state index in [0.29, 0.717) is 20.8 Å². The zero-order valence-corrected chi connectivity index (χ0v) is 14.7. The summed E-state index contributed by atoms with van der Waals surface area (Å²) < 4.78 is 5.72. The highest BCUT2D eigenvalue weighted by Gasteiger charge is 2.16. The van der Waals surface area contributed by atoms with Gasteiger partial charge in [0.15, 0.2) is 0 Å². The van der Waals surface area contributed by atoms with Crippen LogP contribution in [-0.4, -0.2) is 11.0 Å². The fourth-order valence-electron chi connectivity index (χ4n) is 1.78. The molecule has 2 aromatic carbocycles. The van der Waals surface area contributed by atoms with E-state index < -0.39 is 11.0 Å². The minimum absolute atomic E-state index is 0.0230. The molecule has 0 radical (unpaired) electrons.